The Kier molecular flexibility index (Phi) is 6.90. The Balaban J connectivity index is 0.00000242. The smallest absolute Gasteiger partial charge is 0.223 e. The third kappa shape index (κ3) is 4.48. The van der Waals surface area contributed by atoms with Crippen LogP contribution in [0, 0.1) is 11.6 Å². The Morgan fingerprint density at radius 3 is 2.68 bits per heavy atom. The standard InChI is InChI=1S/C15H18F2N2O2.ClH/c1-10-9-18-6-7-19(10)15(21)5-4-14(20)12-3-2-11(16)8-13(12)17;/h2-3,8,10,18H,4-7,9H2,1H3;1H/t10-;/m0./s1. The second-order valence-corrected chi connectivity index (χ2v) is 5.19. The molecule has 1 atom stereocenters. The van der Waals surface area contributed by atoms with Gasteiger partial charge in [-0.15, -0.1) is 12.4 Å². The Morgan fingerprint density at radius 2 is 2.05 bits per heavy atom. The predicted octanol–water partition coefficient (Wildman–Crippen LogP) is 2.17. The SMILES string of the molecule is C[C@H]1CNCCN1C(=O)CCC(=O)c1ccc(F)cc1F.Cl. The van der Waals surface area contributed by atoms with Crippen molar-refractivity contribution in [3.8, 4) is 0 Å². The predicted molar refractivity (Wildman–Crippen MR) is 81.2 cm³/mol. The molecular formula is C15H19ClF2N2O2. The number of halogens is 3. The summed E-state index contributed by atoms with van der Waals surface area (Å²) in [5.74, 6) is -2.21. The lowest BCUT2D eigenvalue weighted by atomic mass is 10.0. The molecule has 0 radical (unpaired) electrons. The Bertz CT molecular complexity index is 554. The minimum Gasteiger partial charge on any atom is -0.337 e. The van der Waals surface area contributed by atoms with Crippen LogP contribution in [0.4, 0.5) is 8.78 Å². The highest BCUT2D eigenvalue weighted by molar-refractivity contribution is 5.98. The number of amides is 1. The van der Waals surface area contributed by atoms with Crippen LogP contribution in [-0.4, -0.2) is 42.3 Å². The fourth-order valence-electron chi connectivity index (χ4n) is 2.43. The van der Waals surface area contributed by atoms with E-state index >= 15 is 0 Å². The monoisotopic (exact) mass is 332 g/mol. The van der Waals surface area contributed by atoms with E-state index in [2.05, 4.69) is 5.32 Å². The van der Waals surface area contributed by atoms with Gasteiger partial charge in [-0.05, 0) is 19.1 Å². The highest BCUT2D eigenvalue weighted by Crippen LogP contribution is 2.14. The van der Waals surface area contributed by atoms with E-state index in [1.807, 2.05) is 6.92 Å². The van der Waals surface area contributed by atoms with Crippen molar-refractivity contribution in [2.24, 2.45) is 0 Å². The summed E-state index contributed by atoms with van der Waals surface area (Å²) in [5.41, 5.74) is -0.169. The molecule has 1 amide bonds. The molecule has 1 aliphatic rings. The fraction of sp³-hybridized carbons (Fsp3) is 0.467. The molecule has 1 heterocycles. The molecule has 1 N–H and O–H groups in total. The minimum absolute atomic E-state index is 0. The molecule has 1 aliphatic heterocycles. The molecule has 1 fully saturated rings. The first-order chi connectivity index (χ1) is 9.99. The average molecular weight is 333 g/mol. The third-order valence-corrected chi connectivity index (χ3v) is 3.62. The average Bonchev–Trinajstić information content (AvgIpc) is 2.45. The second kappa shape index (κ2) is 8.19. The number of piperazine rings is 1. The van der Waals surface area contributed by atoms with Crippen LogP contribution in [0.2, 0.25) is 0 Å². The van der Waals surface area contributed by atoms with Gasteiger partial charge in [0.1, 0.15) is 11.6 Å². The minimum atomic E-state index is -0.886. The number of nitrogens with one attached hydrogen (secondary N) is 1. The highest BCUT2D eigenvalue weighted by atomic mass is 35.5. The number of nitrogens with zero attached hydrogens (tertiary/aromatic N) is 1. The molecule has 1 aromatic rings. The third-order valence-electron chi connectivity index (χ3n) is 3.62. The van der Waals surface area contributed by atoms with Gasteiger partial charge in [0.2, 0.25) is 5.91 Å². The Morgan fingerprint density at radius 1 is 1.32 bits per heavy atom. The molecule has 4 nitrogen and oxygen atoms in total. The first-order valence-electron chi connectivity index (χ1n) is 6.97. The summed E-state index contributed by atoms with van der Waals surface area (Å²) in [4.78, 5) is 25.7. The van der Waals surface area contributed by atoms with E-state index in [9.17, 15) is 18.4 Å². The second-order valence-electron chi connectivity index (χ2n) is 5.19. The Hall–Kier alpha value is -1.53. The number of carbonyl (C=O) groups is 2. The summed E-state index contributed by atoms with van der Waals surface area (Å²) >= 11 is 0. The molecule has 2 rings (SSSR count). The zero-order valence-electron chi connectivity index (χ0n) is 12.3. The van der Waals surface area contributed by atoms with Gasteiger partial charge in [-0.2, -0.15) is 0 Å². The van der Waals surface area contributed by atoms with Gasteiger partial charge >= 0.3 is 0 Å². The first kappa shape index (κ1) is 18.5. The van der Waals surface area contributed by atoms with Crippen molar-refractivity contribution in [3.63, 3.8) is 0 Å². The topological polar surface area (TPSA) is 49.4 Å². The summed E-state index contributed by atoms with van der Waals surface area (Å²) in [7, 11) is 0. The van der Waals surface area contributed by atoms with Crippen LogP contribution in [0.25, 0.3) is 0 Å². The lowest BCUT2D eigenvalue weighted by molar-refractivity contribution is -0.133. The van der Waals surface area contributed by atoms with Gasteiger partial charge in [0.25, 0.3) is 0 Å². The zero-order valence-corrected chi connectivity index (χ0v) is 13.1. The number of Topliss-reactive ketones (excluding diaryl/α,β-unsaturated/α-hetero) is 1. The fourth-order valence-corrected chi connectivity index (χ4v) is 2.43. The van der Waals surface area contributed by atoms with Crippen LogP contribution in [0.3, 0.4) is 0 Å². The summed E-state index contributed by atoms with van der Waals surface area (Å²) < 4.78 is 26.3. The normalized spacial score (nSPS) is 17.8. The van der Waals surface area contributed by atoms with E-state index in [1.54, 1.807) is 4.90 Å². The van der Waals surface area contributed by atoms with Gasteiger partial charge in [-0.1, -0.05) is 0 Å². The number of ketones is 1. The molecule has 0 unspecified atom stereocenters. The summed E-state index contributed by atoms with van der Waals surface area (Å²) in [6.45, 7) is 4.01. The van der Waals surface area contributed by atoms with Gasteiger partial charge in [-0.3, -0.25) is 9.59 Å². The molecule has 1 saturated heterocycles. The molecule has 0 bridgehead atoms. The van der Waals surface area contributed by atoms with Crippen LogP contribution >= 0.6 is 12.4 Å². The number of rotatable bonds is 4. The largest absolute Gasteiger partial charge is 0.337 e. The van der Waals surface area contributed by atoms with Gasteiger partial charge in [0.05, 0.1) is 5.56 Å². The van der Waals surface area contributed by atoms with Crippen LogP contribution in [0.5, 0.6) is 0 Å². The molecule has 0 aliphatic carbocycles. The van der Waals surface area contributed by atoms with Crippen molar-refractivity contribution >= 4 is 24.1 Å². The molecule has 0 aromatic heterocycles. The molecule has 122 valence electrons. The highest BCUT2D eigenvalue weighted by Gasteiger charge is 2.23. The number of hydrogen-bond acceptors (Lipinski definition) is 3. The van der Waals surface area contributed by atoms with Crippen molar-refractivity contribution in [3.05, 3.63) is 35.4 Å². The van der Waals surface area contributed by atoms with Crippen molar-refractivity contribution in [1.29, 1.82) is 0 Å². The van der Waals surface area contributed by atoms with E-state index in [1.165, 1.54) is 0 Å². The van der Waals surface area contributed by atoms with E-state index in [0.717, 1.165) is 25.2 Å². The number of benzene rings is 1. The molecular weight excluding hydrogens is 314 g/mol. The maximum Gasteiger partial charge on any atom is 0.223 e. The summed E-state index contributed by atoms with van der Waals surface area (Å²) in [5, 5.41) is 3.18. The van der Waals surface area contributed by atoms with Gasteiger partial charge in [0.15, 0.2) is 5.78 Å². The first-order valence-corrected chi connectivity index (χ1v) is 6.97. The van der Waals surface area contributed by atoms with Crippen molar-refractivity contribution in [1.82, 2.24) is 10.2 Å². The van der Waals surface area contributed by atoms with Gasteiger partial charge in [-0.25, -0.2) is 8.78 Å². The molecule has 0 spiro atoms. The van der Waals surface area contributed by atoms with E-state index in [4.69, 9.17) is 0 Å². The van der Waals surface area contributed by atoms with Gasteiger partial charge in [0, 0.05) is 44.6 Å². The van der Waals surface area contributed by atoms with Crippen molar-refractivity contribution in [2.45, 2.75) is 25.8 Å². The van der Waals surface area contributed by atoms with E-state index in [0.29, 0.717) is 12.6 Å². The van der Waals surface area contributed by atoms with E-state index in [-0.39, 0.29) is 42.8 Å². The molecule has 1 aromatic carbocycles. The Labute approximate surface area is 134 Å². The van der Waals surface area contributed by atoms with E-state index < -0.39 is 17.4 Å². The maximum atomic E-state index is 13.5. The number of carbonyl (C=O) groups excluding carboxylic acids is 2. The van der Waals surface area contributed by atoms with Crippen molar-refractivity contribution < 1.29 is 18.4 Å². The van der Waals surface area contributed by atoms with Crippen LogP contribution in [0.1, 0.15) is 30.1 Å². The maximum absolute atomic E-state index is 13.5. The lowest BCUT2D eigenvalue weighted by Gasteiger charge is -2.34. The quantitative estimate of drug-likeness (QED) is 0.860. The molecule has 0 saturated carbocycles. The summed E-state index contributed by atoms with van der Waals surface area (Å²) in [6.07, 6.45) is -0.0297. The zero-order chi connectivity index (χ0) is 15.4. The van der Waals surface area contributed by atoms with Crippen molar-refractivity contribution in [2.75, 3.05) is 19.6 Å². The van der Waals surface area contributed by atoms with Gasteiger partial charge < -0.3 is 10.2 Å². The molecule has 22 heavy (non-hydrogen) atoms. The summed E-state index contributed by atoms with van der Waals surface area (Å²) in [6, 6.07) is 2.92. The van der Waals surface area contributed by atoms with Crippen LogP contribution in [-0.2, 0) is 4.79 Å². The lowest BCUT2D eigenvalue weighted by Crippen LogP contribution is -2.52. The van der Waals surface area contributed by atoms with Crippen LogP contribution in [0.15, 0.2) is 18.2 Å². The molecule has 7 heteroatoms. The van der Waals surface area contributed by atoms with Crippen LogP contribution < -0.4 is 5.32 Å². The number of hydrogen-bond donors (Lipinski definition) is 1.